The Morgan fingerprint density at radius 1 is 1.07 bits per heavy atom. The van der Waals surface area contributed by atoms with E-state index in [1.165, 1.54) is 36.4 Å². The highest BCUT2D eigenvalue weighted by Gasteiger charge is 2.22. The van der Waals surface area contributed by atoms with Crippen LogP contribution in [0.25, 0.3) is 0 Å². The Kier molecular flexibility index (Phi) is 6.88. The Hall–Kier alpha value is -3.66. The molecule has 0 amide bonds. The number of nitro groups is 1. The van der Waals surface area contributed by atoms with E-state index >= 15 is 0 Å². The van der Waals surface area contributed by atoms with Gasteiger partial charge in [-0.3, -0.25) is 0 Å². The molecule has 10 heteroatoms. The molecule has 0 aliphatic rings. The van der Waals surface area contributed by atoms with Crippen molar-refractivity contribution in [3.63, 3.8) is 0 Å². The van der Waals surface area contributed by atoms with E-state index in [0.717, 1.165) is 5.56 Å². The number of benzene rings is 2. The van der Waals surface area contributed by atoms with Gasteiger partial charge < -0.3 is 20.7 Å². The molecule has 148 valence electrons. The van der Waals surface area contributed by atoms with Crippen molar-refractivity contribution < 1.29 is 29.6 Å². The van der Waals surface area contributed by atoms with Gasteiger partial charge in [-0.05, 0) is 41.8 Å². The van der Waals surface area contributed by atoms with Crippen LogP contribution in [0.3, 0.4) is 0 Å². The Morgan fingerprint density at radius 2 is 1.61 bits per heavy atom. The molecule has 0 fully saturated rings. The maximum atomic E-state index is 12.1. The number of hydrogen-bond donors (Lipinski definition) is 4. The Morgan fingerprint density at radius 3 is 2.14 bits per heavy atom. The smallest absolute Gasteiger partial charge is 0.332 e. The number of hydrazine groups is 1. The molecule has 0 aliphatic heterocycles. The second-order valence-electron chi connectivity index (χ2n) is 6.02. The molecule has 28 heavy (non-hydrogen) atoms. The highest BCUT2D eigenvalue weighted by Crippen LogP contribution is 2.16. The minimum Gasteiger partial charge on any atom is -0.508 e. The quantitative estimate of drug-likeness (QED) is 0.208. The predicted octanol–water partition coefficient (Wildman–Crippen LogP) is 0.645. The lowest BCUT2D eigenvalue weighted by atomic mass is 10.1. The van der Waals surface area contributed by atoms with E-state index in [-0.39, 0.29) is 24.3 Å². The normalized spacial score (nSPS) is 12.6. The monoisotopic (exact) mass is 389 g/mol. The molecular formula is C18H19N3O7. The molecule has 2 aromatic carbocycles. The average molecular weight is 389 g/mol. The van der Waals surface area contributed by atoms with Crippen molar-refractivity contribution in [2.75, 3.05) is 0 Å². The number of hydrogen-bond acceptors (Lipinski definition) is 7. The maximum Gasteiger partial charge on any atom is 0.332 e. The third-order valence-corrected chi connectivity index (χ3v) is 3.84. The van der Waals surface area contributed by atoms with Crippen LogP contribution in [-0.4, -0.2) is 39.3 Å². The van der Waals surface area contributed by atoms with Gasteiger partial charge in [0.2, 0.25) is 0 Å². The Labute approximate surface area is 159 Å². The van der Waals surface area contributed by atoms with Crippen LogP contribution in [-0.2, 0) is 22.4 Å². The molecule has 0 bridgehead atoms. The van der Waals surface area contributed by atoms with Crippen LogP contribution >= 0.6 is 0 Å². The standard InChI is InChI=1S/C18H19N3O7/c19-15(9-11-1-5-13(22)6-2-11)18(25)28-14-7-3-12(4-8-14)10-16(17(23)24)20-21(26)27/h1-8,15-16,20,22H,9-10,19H2,(H,23,24)/t15-,16-/m0/s1. The van der Waals surface area contributed by atoms with Gasteiger partial charge in [-0.1, -0.05) is 24.3 Å². The van der Waals surface area contributed by atoms with E-state index in [2.05, 4.69) is 0 Å². The van der Waals surface area contributed by atoms with Gasteiger partial charge in [-0.15, -0.1) is 5.43 Å². The fourth-order valence-corrected chi connectivity index (χ4v) is 2.41. The molecule has 5 N–H and O–H groups in total. The Balaban J connectivity index is 1.93. The molecule has 2 atom stereocenters. The summed E-state index contributed by atoms with van der Waals surface area (Å²) in [7, 11) is 0. The number of rotatable bonds is 9. The number of carboxylic acids is 1. The number of nitrogens with one attached hydrogen (secondary N) is 1. The molecule has 0 aliphatic carbocycles. The van der Waals surface area contributed by atoms with Crippen LogP contribution in [0.2, 0.25) is 0 Å². The number of phenols is 1. The van der Waals surface area contributed by atoms with E-state index in [4.69, 9.17) is 15.6 Å². The van der Waals surface area contributed by atoms with Crippen molar-refractivity contribution >= 4 is 11.9 Å². The first-order valence-corrected chi connectivity index (χ1v) is 8.22. The summed E-state index contributed by atoms with van der Waals surface area (Å²) in [5, 5.41) is 27.8. The van der Waals surface area contributed by atoms with Crippen LogP contribution in [0.4, 0.5) is 0 Å². The number of esters is 1. The summed E-state index contributed by atoms with van der Waals surface area (Å²) in [5.74, 6) is -1.69. The zero-order chi connectivity index (χ0) is 20.7. The number of nitrogens with zero attached hydrogens (tertiary/aromatic N) is 1. The maximum absolute atomic E-state index is 12.1. The number of ether oxygens (including phenoxy) is 1. The lowest BCUT2D eigenvalue weighted by Crippen LogP contribution is -2.41. The fraction of sp³-hybridized carbons (Fsp3) is 0.222. The van der Waals surface area contributed by atoms with E-state index in [1.54, 1.807) is 17.6 Å². The van der Waals surface area contributed by atoms with Crippen molar-refractivity contribution in [3.8, 4) is 11.5 Å². The van der Waals surface area contributed by atoms with Gasteiger partial charge in [0.15, 0.2) is 11.1 Å². The molecule has 2 rings (SSSR count). The van der Waals surface area contributed by atoms with E-state index in [9.17, 15) is 24.8 Å². The van der Waals surface area contributed by atoms with Crippen LogP contribution in [0.15, 0.2) is 48.5 Å². The number of nitrogens with two attached hydrogens (primary N) is 1. The molecule has 2 aromatic rings. The highest BCUT2D eigenvalue weighted by atomic mass is 16.7. The molecular weight excluding hydrogens is 370 g/mol. The SMILES string of the molecule is N[C@@H](Cc1ccc(O)cc1)C(=O)Oc1ccc(C[C@H](N[N+](=O)[O-])C(=O)O)cc1. The summed E-state index contributed by atoms with van der Waals surface area (Å²) >= 11 is 0. The van der Waals surface area contributed by atoms with Crippen LogP contribution < -0.4 is 15.9 Å². The minimum atomic E-state index is -1.39. The van der Waals surface area contributed by atoms with Crippen molar-refractivity contribution in [1.29, 1.82) is 0 Å². The average Bonchev–Trinajstić information content (AvgIpc) is 2.64. The van der Waals surface area contributed by atoms with Gasteiger partial charge in [0.25, 0.3) is 0 Å². The van der Waals surface area contributed by atoms with Gasteiger partial charge in [0, 0.05) is 6.42 Å². The molecule has 0 saturated heterocycles. The molecule has 10 nitrogen and oxygen atoms in total. The lowest BCUT2D eigenvalue weighted by Gasteiger charge is -2.12. The van der Waals surface area contributed by atoms with Crippen LogP contribution in [0.1, 0.15) is 11.1 Å². The largest absolute Gasteiger partial charge is 0.508 e. The number of carboxylic acid groups (broad SMARTS) is 1. The van der Waals surface area contributed by atoms with Gasteiger partial charge in [0.1, 0.15) is 17.5 Å². The highest BCUT2D eigenvalue weighted by molar-refractivity contribution is 5.78. The summed E-state index contributed by atoms with van der Waals surface area (Å²) in [5.41, 5.74) is 8.83. The number of carbonyl (C=O) groups is 2. The summed E-state index contributed by atoms with van der Waals surface area (Å²) < 4.78 is 5.19. The van der Waals surface area contributed by atoms with Gasteiger partial charge >= 0.3 is 11.9 Å². The minimum absolute atomic E-state index is 0.110. The molecule has 0 saturated carbocycles. The van der Waals surface area contributed by atoms with E-state index in [1.807, 2.05) is 0 Å². The van der Waals surface area contributed by atoms with Gasteiger partial charge in [0.05, 0.1) is 0 Å². The third kappa shape index (κ3) is 6.25. The van der Waals surface area contributed by atoms with E-state index in [0.29, 0.717) is 5.56 Å². The lowest BCUT2D eigenvalue weighted by molar-refractivity contribution is -0.548. The molecule has 0 radical (unpaired) electrons. The van der Waals surface area contributed by atoms with Crippen LogP contribution in [0.5, 0.6) is 11.5 Å². The first kappa shape index (κ1) is 20.6. The Bertz CT molecular complexity index is 837. The second-order valence-corrected chi connectivity index (χ2v) is 6.02. The summed E-state index contributed by atoms with van der Waals surface area (Å²) in [6, 6.07) is 9.89. The number of phenolic OH excluding ortho intramolecular Hbond substituents is 1. The van der Waals surface area contributed by atoms with Crippen molar-refractivity contribution in [1.82, 2.24) is 5.43 Å². The molecule has 0 unspecified atom stereocenters. The van der Waals surface area contributed by atoms with Crippen LogP contribution in [0, 0.1) is 10.1 Å². The van der Waals surface area contributed by atoms with Crippen molar-refractivity contribution in [2.45, 2.75) is 24.9 Å². The summed E-state index contributed by atoms with van der Waals surface area (Å²) in [4.78, 5) is 33.6. The fourth-order valence-electron chi connectivity index (χ4n) is 2.41. The van der Waals surface area contributed by atoms with Gasteiger partial charge in [-0.25, -0.2) is 19.7 Å². The molecule has 0 aromatic heterocycles. The number of carbonyl (C=O) groups excluding carboxylic acids is 1. The second kappa shape index (κ2) is 9.33. The zero-order valence-corrected chi connectivity index (χ0v) is 14.6. The van der Waals surface area contributed by atoms with Gasteiger partial charge in [-0.2, -0.15) is 0 Å². The first-order chi connectivity index (χ1) is 13.2. The third-order valence-electron chi connectivity index (χ3n) is 3.84. The van der Waals surface area contributed by atoms with Crippen molar-refractivity contribution in [2.24, 2.45) is 5.73 Å². The summed E-state index contributed by atoms with van der Waals surface area (Å²) in [6.07, 6.45) is 0.106. The van der Waals surface area contributed by atoms with E-state index < -0.39 is 29.1 Å². The van der Waals surface area contributed by atoms with Crippen molar-refractivity contribution in [3.05, 3.63) is 69.8 Å². The number of aromatic hydroxyl groups is 1. The molecule has 0 heterocycles. The topological polar surface area (TPSA) is 165 Å². The molecule has 0 spiro atoms. The zero-order valence-electron chi connectivity index (χ0n) is 14.6. The first-order valence-electron chi connectivity index (χ1n) is 8.22. The summed E-state index contributed by atoms with van der Waals surface area (Å²) in [6.45, 7) is 0. The predicted molar refractivity (Wildman–Crippen MR) is 97.1 cm³/mol. The number of aliphatic carboxylic acids is 1.